The van der Waals surface area contributed by atoms with E-state index in [1.54, 1.807) is 11.3 Å². The third-order valence-corrected chi connectivity index (χ3v) is 4.92. The van der Waals surface area contributed by atoms with Gasteiger partial charge in [0.05, 0.1) is 17.1 Å². The quantitative estimate of drug-likeness (QED) is 0.876. The van der Waals surface area contributed by atoms with Crippen molar-refractivity contribution in [2.75, 3.05) is 13.1 Å². The number of halogens is 2. The molecule has 0 spiro atoms. The van der Waals surface area contributed by atoms with Crippen LogP contribution in [-0.4, -0.2) is 34.9 Å². The number of piperidine rings is 1. The fourth-order valence-electron chi connectivity index (χ4n) is 2.70. The maximum atomic E-state index is 12.3. The molecule has 0 aliphatic carbocycles. The zero-order valence-electron chi connectivity index (χ0n) is 13.4. The molecule has 24 heavy (non-hydrogen) atoms. The van der Waals surface area contributed by atoms with Gasteiger partial charge in [-0.05, 0) is 18.4 Å². The lowest BCUT2D eigenvalue weighted by molar-refractivity contribution is -0.131. The van der Waals surface area contributed by atoms with E-state index < -0.39 is 0 Å². The Kier molecular flexibility index (Phi) is 8.70. The number of carbonyl (C=O) groups is 1. The van der Waals surface area contributed by atoms with Gasteiger partial charge in [-0.2, -0.15) is 0 Å². The van der Waals surface area contributed by atoms with Gasteiger partial charge in [0.15, 0.2) is 0 Å². The number of thiazole rings is 1. The number of likely N-dealkylation sites (tertiary alicyclic amines) is 1. The summed E-state index contributed by atoms with van der Waals surface area (Å²) in [6.45, 7) is 1.56. The van der Waals surface area contributed by atoms with Crippen molar-refractivity contribution < 1.29 is 4.79 Å². The van der Waals surface area contributed by atoms with Gasteiger partial charge < -0.3 is 10.6 Å². The van der Waals surface area contributed by atoms with Crippen molar-refractivity contribution >= 4 is 42.1 Å². The number of carbonyl (C=O) groups excluding carboxylic acids is 1. The Balaban J connectivity index is 0.00000144. The first-order chi connectivity index (χ1) is 10.7. The lowest BCUT2D eigenvalue weighted by Crippen LogP contribution is -2.43. The van der Waals surface area contributed by atoms with Crippen molar-refractivity contribution in [1.29, 1.82) is 0 Å². The summed E-state index contributed by atoms with van der Waals surface area (Å²) in [6.07, 6.45) is 3.04. The maximum absolute atomic E-state index is 12.3. The van der Waals surface area contributed by atoms with Gasteiger partial charge >= 0.3 is 0 Å². The van der Waals surface area contributed by atoms with E-state index in [0.717, 1.165) is 43.1 Å². The normalized spacial score (nSPS) is 14.6. The van der Waals surface area contributed by atoms with E-state index in [1.165, 1.54) is 5.56 Å². The van der Waals surface area contributed by atoms with Gasteiger partial charge in [-0.25, -0.2) is 4.98 Å². The molecule has 1 aliphatic heterocycles. The van der Waals surface area contributed by atoms with Crippen LogP contribution in [0, 0.1) is 0 Å². The van der Waals surface area contributed by atoms with Crippen LogP contribution in [0.15, 0.2) is 35.7 Å². The fourth-order valence-corrected chi connectivity index (χ4v) is 3.53. The molecule has 0 saturated carbocycles. The monoisotopic (exact) mass is 387 g/mol. The van der Waals surface area contributed by atoms with Gasteiger partial charge in [-0.1, -0.05) is 30.3 Å². The van der Waals surface area contributed by atoms with Crippen molar-refractivity contribution in [1.82, 2.24) is 9.88 Å². The Hall–Kier alpha value is -1.14. The number of hydrogen-bond donors (Lipinski definition) is 1. The molecule has 2 N–H and O–H groups in total. The van der Waals surface area contributed by atoms with Crippen LogP contribution in [0.25, 0.3) is 0 Å². The summed E-state index contributed by atoms with van der Waals surface area (Å²) in [4.78, 5) is 18.8. The highest BCUT2D eigenvalue weighted by Gasteiger charge is 2.21. The molecular formula is C17H23Cl2N3OS. The minimum Gasteiger partial charge on any atom is -0.342 e. The largest absolute Gasteiger partial charge is 0.342 e. The number of rotatable bonds is 4. The maximum Gasteiger partial charge on any atom is 0.228 e. The van der Waals surface area contributed by atoms with Crippen LogP contribution in [0.1, 0.15) is 29.1 Å². The lowest BCUT2D eigenvalue weighted by Gasteiger charge is -2.30. The Morgan fingerprint density at radius 2 is 1.88 bits per heavy atom. The zero-order valence-corrected chi connectivity index (χ0v) is 15.8. The molecule has 0 atom stereocenters. The van der Waals surface area contributed by atoms with E-state index in [9.17, 15) is 4.79 Å². The summed E-state index contributed by atoms with van der Waals surface area (Å²) in [6, 6.07) is 10.5. The van der Waals surface area contributed by atoms with Crippen molar-refractivity contribution in [3.8, 4) is 0 Å². The molecule has 1 amide bonds. The van der Waals surface area contributed by atoms with Gasteiger partial charge in [-0.15, -0.1) is 36.2 Å². The lowest BCUT2D eigenvalue weighted by atomic mass is 10.1. The van der Waals surface area contributed by atoms with Crippen LogP contribution in [0.4, 0.5) is 0 Å². The summed E-state index contributed by atoms with van der Waals surface area (Å²) in [7, 11) is 0. The third kappa shape index (κ3) is 5.74. The molecule has 2 heterocycles. The molecule has 132 valence electrons. The van der Waals surface area contributed by atoms with E-state index in [1.807, 2.05) is 28.5 Å². The zero-order chi connectivity index (χ0) is 15.4. The van der Waals surface area contributed by atoms with E-state index in [4.69, 9.17) is 5.73 Å². The molecule has 0 bridgehead atoms. The second-order valence-corrected chi connectivity index (χ2v) is 6.73. The number of benzene rings is 1. The number of nitrogens with zero attached hydrogens (tertiary/aromatic N) is 2. The molecule has 4 nitrogen and oxygen atoms in total. The average molecular weight is 388 g/mol. The third-order valence-electron chi connectivity index (χ3n) is 4.02. The molecule has 0 unspecified atom stereocenters. The first-order valence-electron chi connectivity index (χ1n) is 7.71. The highest BCUT2D eigenvalue weighted by atomic mass is 35.5. The van der Waals surface area contributed by atoms with E-state index in [-0.39, 0.29) is 36.8 Å². The second-order valence-electron chi connectivity index (χ2n) is 5.79. The van der Waals surface area contributed by atoms with Crippen molar-refractivity contribution in [2.24, 2.45) is 5.73 Å². The molecule has 3 rings (SSSR count). The number of aromatic nitrogens is 1. The Labute approximate surface area is 159 Å². The minimum atomic E-state index is 0. The van der Waals surface area contributed by atoms with Gasteiger partial charge in [0.2, 0.25) is 5.91 Å². The first-order valence-corrected chi connectivity index (χ1v) is 8.59. The topological polar surface area (TPSA) is 59.2 Å². The minimum absolute atomic E-state index is 0. The molecule has 1 aliphatic rings. The Bertz CT molecular complexity index is 628. The number of nitrogens with two attached hydrogens (primary N) is 1. The van der Waals surface area contributed by atoms with Crippen LogP contribution >= 0.6 is 36.2 Å². The van der Waals surface area contributed by atoms with E-state index >= 15 is 0 Å². The smallest absolute Gasteiger partial charge is 0.228 e. The summed E-state index contributed by atoms with van der Waals surface area (Å²) >= 11 is 1.63. The van der Waals surface area contributed by atoms with Crippen molar-refractivity contribution in [3.63, 3.8) is 0 Å². The molecule has 1 aromatic heterocycles. The number of hydrogen-bond acceptors (Lipinski definition) is 4. The first kappa shape index (κ1) is 20.9. The predicted molar refractivity (Wildman–Crippen MR) is 103 cm³/mol. The van der Waals surface area contributed by atoms with E-state index in [0.29, 0.717) is 6.42 Å². The van der Waals surface area contributed by atoms with Gasteiger partial charge in [0.1, 0.15) is 0 Å². The molecule has 1 aromatic carbocycles. The Morgan fingerprint density at radius 3 is 2.54 bits per heavy atom. The summed E-state index contributed by atoms with van der Waals surface area (Å²) in [5.41, 5.74) is 8.01. The summed E-state index contributed by atoms with van der Waals surface area (Å²) < 4.78 is 0. The average Bonchev–Trinajstić information content (AvgIpc) is 2.96. The molecule has 2 aromatic rings. The van der Waals surface area contributed by atoms with Crippen LogP contribution in [0.5, 0.6) is 0 Å². The molecule has 7 heteroatoms. The SMILES string of the molecule is Cl.Cl.NC1CCN(C(=O)Cc2csc(Cc3ccccc3)n2)CC1. The predicted octanol–water partition coefficient (Wildman–Crippen LogP) is 3.07. The van der Waals surface area contributed by atoms with Crippen molar-refractivity contribution in [3.05, 3.63) is 52.0 Å². The Morgan fingerprint density at radius 1 is 1.21 bits per heavy atom. The van der Waals surface area contributed by atoms with Crippen LogP contribution in [-0.2, 0) is 17.6 Å². The second kappa shape index (κ2) is 9.99. The molecular weight excluding hydrogens is 365 g/mol. The summed E-state index contributed by atoms with van der Waals surface area (Å²) in [5.74, 6) is 0.170. The van der Waals surface area contributed by atoms with Crippen LogP contribution < -0.4 is 5.73 Å². The van der Waals surface area contributed by atoms with Gasteiger partial charge in [0.25, 0.3) is 0 Å². The molecule has 0 radical (unpaired) electrons. The van der Waals surface area contributed by atoms with Crippen LogP contribution in [0.3, 0.4) is 0 Å². The van der Waals surface area contributed by atoms with Crippen LogP contribution in [0.2, 0.25) is 0 Å². The van der Waals surface area contributed by atoms with Crippen molar-refractivity contribution in [2.45, 2.75) is 31.7 Å². The van der Waals surface area contributed by atoms with Gasteiger partial charge in [-0.3, -0.25) is 4.79 Å². The van der Waals surface area contributed by atoms with Gasteiger partial charge in [0, 0.05) is 30.9 Å². The summed E-state index contributed by atoms with van der Waals surface area (Å²) in [5, 5.41) is 3.07. The highest BCUT2D eigenvalue weighted by Crippen LogP contribution is 2.16. The standard InChI is InChI=1S/C17H21N3OS.2ClH/c18-14-6-8-20(9-7-14)17(21)11-15-12-22-16(19-15)10-13-4-2-1-3-5-13;;/h1-5,12,14H,6-11,18H2;2*1H. The van der Waals surface area contributed by atoms with E-state index in [2.05, 4.69) is 17.1 Å². The molecule has 1 saturated heterocycles. The number of amides is 1. The highest BCUT2D eigenvalue weighted by molar-refractivity contribution is 7.09. The fraction of sp³-hybridized carbons (Fsp3) is 0.412. The molecule has 1 fully saturated rings.